The van der Waals surface area contributed by atoms with Crippen LogP contribution in [-0.2, 0) is 16.1 Å². The molecule has 0 heterocycles. The van der Waals surface area contributed by atoms with Crippen molar-refractivity contribution in [3.63, 3.8) is 0 Å². The van der Waals surface area contributed by atoms with Gasteiger partial charge in [0.15, 0.2) is 0 Å². The molecule has 1 aromatic carbocycles. The average Bonchev–Trinajstić information content (AvgIpc) is 2.41. The van der Waals surface area contributed by atoms with Crippen molar-refractivity contribution in [2.45, 2.75) is 19.4 Å². The summed E-state index contributed by atoms with van der Waals surface area (Å²) in [6.07, 6.45) is 0.751. The van der Waals surface area contributed by atoms with Gasteiger partial charge in [0.1, 0.15) is 12.4 Å². The van der Waals surface area contributed by atoms with E-state index in [-0.39, 0.29) is 19.0 Å². The number of nitrogens with one attached hydrogen (secondary N) is 1. The molecule has 1 aromatic rings. The van der Waals surface area contributed by atoms with Crippen LogP contribution < -0.4 is 15.8 Å². The first-order valence-electron chi connectivity index (χ1n) is 5.93. The fourth-order valence-electron chi connectivity index (χ4n) is 1.40. The van der Waals surface area contributed by atoms with E-state index in [4.69, 9.17) is 15.2 Å². The van der Waals surface area contributed by atoms with E-state index in [1.165, 1.54) is 0 Å². The Balaban J connectivity index is 2.20. The summed E-state index contributed by atoms with van der Waals surface area (Å²) in [5.41, 5.74) is 5.78. The van der Waals surface area contributed by atoms with Crippen molar-refractivity contribution in [1.82, 2.24) is 5.32 Å². The van der Waals surface area contributed by atoms with Gasteiger partial charge in [0.2, 0.25) is 0 Å². The van der Waals surface area contributed by atoms with Gasteiger partial charge < -0.3 is 20.5 Å². The number of ether oxygens (including phenoxy) is 2. The first-order valence-corrected chi connectivity index (χ1v) is 5.93. The molecule has 0 saturated heterocycles. The zero-order valence-corrected chi connectivity index (χ0v) is 10.8. The summed E-state index contributed by atoms with van der Waals surface area (Å²) in [5, 5.41) is 2.40. The lowest BCUT2D eigenvalue weighted by molar-refractivity contribution is -0.145. The predicted molar refractivity (Wildman–Crippen MR) is 69.6 cm³/mol. The Morgan fingerprint density at radius 1 is 1.26 bits per heavy atom. The van der Waals surface area contributed by atoms with Crippen molar-refractivity contribution in [2.75, 3.05) is 13.7 Å². The maximum absolute atomic E-state index is 11.4. The quantitative estimate of drug-likeness (QED) is 0.573. The lowest BCUT2D eigenvalue weighted by Crippen LogP contribution is -2.30. The highest BCUT2D eigenvalue weighted by Gasteiger charge is 2.04. The molecule has 0 aliphatic heterocycles. The van der Waals surface area contributed by atoms with Gasteiger partial charge in [-0.05, 0) is 24.1 Å². The van der Waals surface area contributed by atoms with Gasteiger partial charge in [-0.1, -0.05) is 12.1 Å². The van der Waals surface area contributed by atoms with Gasteiger partial charge in [-0.3, -0.25) is 4.79 Å². The molecule has 0 bridgehead atoms. The number of nitrogens with two attached hydrogens (primary N) is 1. The van der Waals surface area contributed by atoms with Gasteiger partial charge in [-0.25, -0.2) is 4.79 Å². The summed E-state index contributed by atoms with van der Waals surface area (Å²) in [6, 6.07) is 6.69. The normalized spacial score (nSPS) is 9.74. The number of esters is 1. The highest BCUT2D eigenvalue weighted by Crippen LogP contribution is 2.12. The molecule has 0 saturated carbocycles. The van der Waals surface area contributed by atoms with Crippen LogP contribution in [0.5, 0.6) is 5.75 Å². The Hall–Kier alpha value is -2.24. The number of hydrogen-bond donors (Lipinski definition) is 2. The number of methoxy groups -OCH3 is 1. The fourth-order valence-corrected chi connectivity index (χ4v) is 1.40. The fraction of sp³-hybridized carbons (Fsp3) is 0.385. The largest absolute Gasteiger partial charge is 0.497 e. The van der Waals surface area contributed by atoms with Crippen LogP contribution in [0, 0.1) is 0 Å². The number of amides is 2. The van der Waals surface area contributed by atoms with Crippen molar-refractivity contribution in [3.8, 4) is 5.75 Å². The number of urea groups is 1. The number of primary amides is 1. The van der Waals surface area contributed by atoms with Gasteiger partial charge in [0.05, 0.1) is 7.11 Å². The number of hydrogen-bond acceptors (Lipinski definition) is 4. The van der Waals surface area contributed by atoms with Crippen molar-refractivity contribution >= 4 is 12.0 Å². The highest BCUT2D eigenvalue weighted by atomic mass is 16.5. The molecule has 0 aromatic heterocycles. The van der Waals surface area contributed by atoms with Crippen LogP contribution in [-0.4, -0.2) is 25.7 Å². The van der Waals surface area contributed by atoms with E-state index >= 15 is 0 Å². The van der Waals surface area contributed by atoms with Crippen LogP contribution in [0.1, 0.15) is 18.4 Å². The third-order valence-electron chi connectivity index (χ3n) is 2.42. The molecule has 3 N–H and O–H groups in total. The second-order valence-corrected chi connectivity index (χ2v) is 3.90. The topological polar surface area (TPSA) is 90.7 Å². The average molecular weight is 266 g/mol. The molecular weight excluding hydrogens is 248 g/mol. The first kappa shape index (κ1) is 14.8. The summed E-state index contributed by atoms with van der Waals surface area (Å²) in [7, 11) is 1.59. The van der Waals surface area contributed by atoms with E-state index < -0.39 is 6.03 Å². The maximum Gasteiger partial charge on any atom is 0.312 e. The molecule has 0 spiro atoms. The molecule has 0 fully saturated rings. The van der Waals surface area contributed by atoms with E-state index in [1.54, 1.807) is 19.2 Å². The minimum atomic E-state index is -0.591. The predicted octanol–water partition coefficient (Wildman–Crippen LogP) is 1.19. The third-order valence-corrected chi connectivity index (χ3v) is 2.42. The summed E-state index contributed by atoms with van der Waals surface area (Å²) in [5.74, 6) is 0.453. The molecule has 6 nitrogen and oxygen atoms in total. The molecule has 1 rings (SSSR count). The number of carbonyl (C=O) groups is 2. The van der Waals surface area contributed by atoms with Crippen LogP contribution in [0.4, 0.5) is 4.79 Å². The second-order valence-electron chi connectivity index (χ2n) is 3.90. The number of benzene rings is 1. The minimum Gasteiger partial charge on any atom is -0.497 e. The molecule has 0 aliphatic rings. The van der Waals surface area contributed by atoms with E-state index in [2.05, 4.69) is 5.32 Å². The van der Waals surface area contributed by atoms with E-state index in [1.807, 2.05) is 12.1 Å². The van der Waals surface area contributed by atoms with Crippen molar-refractivity contribution in [1.29, 1.82) is 0 Å². The first-order chi connectivity index (χ1) is 9.11. The molecule has 2 amide bonds. The zero-order chi connectivity index (χ0) is 14.1. The van der Waals surface area contributed by atoms with Crippen molar-refractivity contribution < 1.29 is 19.1 Å². The lowest BCUT2D eigenvalue weighted by Gasteiger charge is -2.06. The van der Waals surface area contributed by atoms with Crippen molar-refractivity contribution in [3.05, 3.63) is 29.8 Å². The standard InChI is InChI=1S/C13H18N2O4/c1-18-11-6-4-10(5-7-11)9-19-12(16)3-2-8-15-13(14)17/h4-7H,2-3,8-9H2,1H3,(H3,14,15,17). The molecular formula is C13H18N2O4. The van der Waals surface area contributed by atoms with Gasteiger partial charge in [-0.2, -0.15) is 0 Å². The van der Waals surface area contributed by atoms with Gasteiger partial charge in [0.25, 0.3) is 0 Å². The van der Waals surface area contributed by atoms with Crippen LogP contribution in [0.15, 0.2) is 24.3 Å². The highest BCUT2D eigenvalue weighted by molar-refractivity contribution is 5.72. The Labute approximate surface area is 111 Å². The Bertz CT molecular complexity index is 417. The molecule has 104 valence electrons. The van der Waals surface area contributed by atoms with Crippen molar-refractivity contribution in [2.24, 2.45) is 5.73 Å². The van der Waals surface area contributed by atoms with E-state index in [0.29, 0.717) is 13.0 Å². The van der Waals surface area contributed by atoms with Crippen LogP contribution >= 0.6 is 0 Å². The summed E-state index contributed by atoms with van der Waals surface area (Å²) >= 11 is 0. The summed E-state index contributed by atoms with van der Waals surface area (Å²) in [4.78, 5) is 21.8. The van der Waals surface area contributed by atoms with Crippen LogP contribution in [0.3, 0.4) is 0 Å². The Morgan fingerprint density at radius 2 is 1.95 bits per heavy atom. The molecule has 0 radical (unpaired) electrons. The van der Waals surface area contributed by atoms with Gasteiger partial charge >= 0.3 is 12.0 Å². The van der Waals surface area contributed by atoms with Crippen LogP contribution in [0.25, 0.3) is 0 Å². The molecule has 0 atom stereocenters. The molecule has 19 heavy (non-hydrogen) atoms. The maximum atomic E-state index is 11.4. The smallest absolute Gasteiger partial charge is 0.312 e. The molecule has 6 heteroatoms. The van der Waals surface area contributed by atoms with Gasteiger partial charge in [-0.15, -0.1) is 0 Å². The van der Waals surface area contributed by atoms with E-state index in [0.717, 1.165) is 11.3 Å². The SMILES string of the molecule is COc1ccc(COC(=O)CCCNC(N)=O)cc1. The third kappa shape index (κ3) is 6.30. The number of rotatable bonds is 7. The zero-order valence-electron chi connectivity index (χ0n) is 10.8. The lowest BCUT2D eigenvalue weighted by atomic mass is 10.2. The molecule has 0 unspecified atom stereocenters. The monoisotopic (exact) mass is 266 g/mol. The second kappa shape index (κ2) is 7.97. The number of carbonyl (C=O) groups excluding carboxylic acids is 2. The minimum absolute atomic E-state index is 0.228. The van der Waals surface area contributed by atoms with Gasteiger partial charge in [0, 0.05) is 13.0 Å². The Kier molecular flexibility index (Phi) is 6.21. The molecule has 0 aliphatic carbocycles. The Morgan fingerprint density at radius 3 is 2.53 bits per heavy atom. The summed E-state index contributed by atoms with van der Waals surface area (Å²) < 4.78 is 10.1. The summed E-state index contributed by atoms with van der Waals surface area (Å²) in [6.45, 7) is 0.596. The van der Waals surface area contributed by atoms with Crippen LogP contribution in [0.2, 0.25) is 0 Å². The van der Waals surface area contributed by atoms with E-state index in [9.17, 15) is 9.59 Å².